The monoisotopic (exact) mass is 270 g/mol. The van der Waals surface area contributed by atoms with E-state index >= 15 is 0 Å². The van der Waals surface area contributed by atoms with E-state index in [1.165, 1.54) is 7.11 Å². The number of benzene rings is 1. The van der Waals surface area contributed by atoms with Crippen molar-refractivity contribution in [1.82, 2.24) is 0 Å². The minimum absolute atomic E-state index is 0.373. The number of halogens is 1. The zero-order valence-corrected chi connectivity index (χ0v) is 10.1. The summed E-state index contributed by atoms with van der Waals surface area (Å²) in [4.78, 5) is 11.1. The fraction of sp³-hybridized carbons (Fsp3) is 0.182. The first kappa shape index (κ1) is 11.8. The van der Waals surface area contributed by atoms with E-state index in [0.29, 0.717) is 4.48 Å². The Bertz CT molecular complexity index is 385. The summed E-state index contributed by atoms with van der Waals surface area (Å²) in [6.45, 7) is 0. The Morgan fingerprint density at radius 2 is 2.13 bits per heavy atom. The van der Waals surface area contributed by atoms with Crippen LogP contribution >= 0.6 is 15.9 Å². The van der Waals surface area contributed by atoms with Gasteiger partial charge in [-0.05, 0) is 39.7 Å². The topological polar surface area (TPSA) is 35.5 Å². The van der Waals surface area contributed by atoms with Crippen LogP contribution in [0.5, 0.6) is 5.75 Å². The number of carbonyl (C=O) groups excluding carboxylic acids is 1. The predicted octanol–water partition coefficient (Wildman–Crippen LogP) is 2.60. The van der Waals surface area contributed by atoms with Crippen molar-refractivity contribution in [2.45, 2.75) is 0 Å². The second-order valence-corrected chi connectivity index (χ2v) is 3.61. The average Bonchev–Trinajstić information content (AvgIpc) is 2.28. The molecule has 0 amide bonds. The molecule has 0 atom stereocenters. The molecule has 0 unspecified atom stereocenters. The van der Waals surface area contributed by atoms with Gasteiger partial charge in [0.05, 0.1) is 14.2 Å². The maximum absolute atomic E-state index is 11.1. The van der Waals surface area contributed by atoms with Gasteiger partial charge < -0.3 is 9.47 Å². The molecular weight excluding hydrogens is 260 g/mol. The second kappa shape index (κ2) is 5.56. The summed E-state index contributed by atoms with van der Waals surface area (Å²) in [6, 6.07) is 7.38. The summed E-state index contributed by atoms with van der Waals surface area (Å²) in [5.74, 6) is 0.340. The van der Waals surface area contributed by atoms with E-state index < -0.39 is 5.97 Å². The van der Waals surface area contributed by atoms with Gasteiger partial charge in [-0.2, -0.15) is 0 Å². The fourth-order valence-corrected chi connectivity index (χ4v) is 1.46. The lowest BCUT2D eigenvalue weighted by Crippen LogP contribution is -1.98. The Labute approximate surface area is 96.8 Å². The minimum Gasteiger partial charge on any atom is -0.497 e. The number of carbonyl (C=O) groups is 1. The van der Waals surface area contributed by atoms with E-state index in [4.69, 9.17) is 4.74 Å². The van der Waals surface area contributed by atoms with Crippen LogP contribution < -0.4 is 4.74 Å². The first-order chi connectivity index (χ1) is 7.17. The van der Waals surface area contributed by atoms with Crippen LogP contribution in [0.15, 0.2) is 28.7 Å². The third kappa shape index (κ3) is 3.40. The molecule has 0 radical (unpaired) electrons. The number of rotatable bonds is 3. The lowest BCUT2D eigenvalue weighted by atomic mass is 10.2. The molecule has 4 heteroatoms. The highest BCUT2D eigenvalue weighted by Crippen LogP contribution is 2.18. The summed E-state index contributed by atoms with van der Waals surface area (Å²) >= 11 is 3.13. The molecule has 1 aromatic carbocycles. The fourth-order valence-electron chi connectivity index (χ4n) is 1.03. The van der Waals surface area contributed by atoms with Crippen molar-refractivity contribution < 1.29 is 14.3 Å². The molecule has 0 aromatic heterocycles. The lowest BCUT2D eigenvalue weighted by Gasteiger charge is -2.01. The predicted molar refractivity (Wildman–Crippen MR) is 61.9 cm³/mol. The molecule has 0 aliphatic heterocycles. The summed E-state index contributed by atoms with van der Waals surface area (Å²) in [5, 5.41) is 0. The number of hydrogen-bond donors (Lipinski definition) is 0. The van der Waals surface area contributed by atoms with Gasteiger partial charge in [-0.3, -0.25) is 0 Å². The second-order valence-electron chi connectivity index (χ2n) is 2.76. The quantitative estimate of drug-likeness (QED) is 0.626. The molecule has 0 bridgehead atoms. The van der Waals surface area contributed by atoms with Crippen molar-refractivity contribution in [3.63, 3.8) is 0 Å². The maximum atomic E-state index is 11.1. The third-order valence-corrected chi connectivity index (χ3v) is 2.32. The molecule has 3 nitrogen and oxygen atoms in total. The largest absolute Gasteiger partial charge is 0.497 e. The zero-order valence-electron chi connectivity index (χ0n) is 8.49. The van der Waals surface area contributed by atoms with Crippen LogP contribution in [0.2, 0.25) is 0 Å². The van der Waals surface area contributed by atoms with E-state index in [9.17, 15) is 4.79 Å². The summed E-state index contributed by atoms with van der Waals surface area (Å²) in [6.07, 6.45) is 1.67. The molecule has 15 heavy (non-hydrogen) atoms. The summed E-state index contributed by atoms with van der Waals surface area (Å²) in [5.41, 5.74) is 0.867. The Hall–Kier alpha value is -1.29. The molecule has 0 saturated carbocycles. The number of ether oxygens (including phenoxy) is 2. The first-order valence-electron chi connectivity index (χ1n) is 4.27. The molecule has 0 heterocycles. The first-order valence-corrected chi connectivity index (χ1v) is 5.06. The van der Waals surface area contributed by atoms with Crippen molar-refractivity contribution in [1.29, 1.82) is 0 Å². The van der Waals surface area contributed by atoms with Crippen LogP contribution in [0.1, 0.15) is 5.56 Å². The molecule has 0 aliphatic rings. The van der Waals surface area contributed by atoms with E-state index in [2.05, 4.69) is 20.7 Å². The van der Waals surface area contributed by atoms with Gasteiger partial charge in [-0.15, -0.1) is 0 Å². The molecule has 0 aliphatic carbocycles. The third-order valence-electron chi connectivity index (χ3n) is 1.77. The van der Waals surface area contributed by atoms with Crippen LogP contribution in [0.25, 0.3) is 6.08 Å². The van der Waals surface area contributed by atoms with Gasteiger partial charge in [-0.1, -0.05) is 12.1 Å². The Balaban J connectivity index is 2.92. The van der Waals surface area contributed by atoms with Gasteiger partial charge in [0.1, 0.15) is 10.2 Å². The van der Waals surface area contributed by atoms with Gasteiger partial charge in [-0.25, -0.2) is 4.79 Å². The van der Waals surface area contributed by atoms with Crippen molar-refractivity contribution in [3.8, 4) is 5.75 Å². The molecule has 0 fully saturated rings. The zero-order chi connectivity index (χ0) is 11.3. The molecular formula is C11H11BrO3. The highest BCUT2D eigenvalue weighted by Gasteiger charge is 2.04. The molecule has 0 N–H and O–H groups in total. The standard InChI is InChI=1S/C11H11BrO3/c1-14-9-5-3-4-8(6-9)7-10(12)11(13)15-2/h3-7H,1-2H3/b10-7-. The summed E-state index contributed by atoms with van der Waals surface area (Å²) < 4.78 is 9.99. The van der Waals surface area contributed by atoms with Crippen molar-refractivity contribution in [2.24, 2.45) is 0 Å². The van der Waals surface area contributed by atoms with E-state index in [1.807, 2.05) is 24.3 Å². The molecule has 1 rings (SSSR count). The van der Waals surface area contributed by atoms with Crippen LogP contribution in [-0.4, -0.2) is 20.2 Å². The highest BCUT2D eigenvalue weighted by atomic mass is 79.9. The van der Waals surface area contributed by atoms with Gasteiger partial charge in [0.25, 0.3) is 0 Å². The maximum Gasteiger partial charge on any atom is 0.344 e. The number of hydrogen-bond acceptors (Lipinski definition) is 3. The Kier molecular flexibility index (Phi) is 4.37. The van der Waals surface area contributed by atoms with E-state index in [-0.39, 0.29) is 0 Å². The Morgan fingerprint density at radius 1 is 1.40 bits per heavy atom. The van der Waals surface area contributed by atoms with Crippen LogP contribution in [-0.2, 0) is 9.53 Å². The number of methoxy groups -OCH3 is 2. The molecule has 80 valence electrons. The lowest BCUT2D eigenvalue weighted by molar-refractivity contribution is -0.135. The van der Waals surface area contributed by atoms with Gasteiger partial charge in [0, 0.05) is 0 Å². The van der Waals surface area contributed by atoms with Crippen LogP contribution in [0.3, 0.4) is 0 Å². The highest BCUT2D eigenvalue weighted by molar-refractivity contribution is 9.12. The van der Waals surface area contributed by atoms with Gasteiger partial charge >= 0.3 is 5.97 Å². The van der Waals surface area contributed by atoms with E-state index in [1.54, 1.807) is 13.2 Å². The number of esters is 1. The summed E-state index contributed by atoms with van der Waals surface area (Å²) in [7, 11) is 2.93. The normalized spacial score (nSPS) is 11.0. The Morgan fingerprint density at radius 3 is 2.73 bits per heavy atom. The van der Waals surface area contributed by atoms with Crippen molar-refractivity contribution >= 4 is 28.0 Å². The van der Waals surface area contributed by atoms with E-state index in [0.717, 1.165) is 11.3 Å². The average molecular weight is 271 g/mol. The molecule has 0 spiro atoms. The molecule has 0 saturated heterocycles. The van der Waals surface area contributed by atoms with Crippen LogP contribution in [0.4, 0.5) is 0 Å². The van der Waals surface area contributed by atoms with Crippen LogP contribution in [0, 0.1) is 0 Å². The molecule has 1 aromatic rings. The van der Waals surface area contributed by atoms with Crippen molar-refractivity contribution in [3.05, 3.63) is 34.3 Å². The van der Waals surface area contributed by atoms with Gasteiger partial charge in [0.15, 0.2) is 0 Å². The van der Waals surface area contributed by atoms with Crippen molar-refractivity contribution in [2.75, 3.05) is 14.2 Å². The minimum atomic E-state index is -0.405. The van der Waals surface area contributed by atoms with Gasteiger partial charge in [0.2, 0.25) is 0 Å². The smallest absolute Gasteiger partial charge is 0.344 e. The SMILES string of the molecule is COC(=O)/C(Br)=C/c1cccc(OC)c1.